The van der Waals surface area contributed by atoms with E-state index in [0.717, 1.165) is 18.0 Å². The average Bonchev–Trinajstić information content (AvgIpc) is 2.58. The van der Waals surface area contributed by atoms with Gasteiger partial charge in [-0.25, -0.2) is 4.98 Å². The van der Waals surface area contributed by atoms with Gasteiger partial charge in [0.2, 0.25) is 0 Å². The van der Waals surface area contributed by atoms with Crippen molar-refractivity contribution in [1.29, 1.82) is 0 Å². The molecule has 1 rings (SSSR count). The molecule has 0 saturated carbocycles. The number of aromatic nitrogens is 1. The predicted octanol–water partition coefficient (Wildman–Crippen LogP) is 3.18. The Balaban J connectivity index is 2.39. The second-order valence-corrected chi connectivity index (χ2v) is 6.10. The maximum absolute atomic E-state index is 4.46. The molecule has 0 amide bonds. The van der Waals surface area contributed by atoms with E-state index in [1.165, 1.54) is 4.34 Å². The fraction of sp³-hybridized carbons (Fsp3) is 0.727. The molecule has 1 aromatic heterocycles. The van der Waals surface area contributed by atoms with Crippen molar-refractivity contribution >= 4 is 23.1 Å². The van der Waals surface area contributed by atoms with Crippen molar-refractivity contribution in [3.63, 3.8) is 0 Å². The number of nitrogens with one attached hydrogen (secondary N) is 1. The van der Waals surface area contributed by atoms with E-state index in [-0.39, 0.29) is 0 Å². The van der Waals surface area contributed by atoms with Crippen LogP contribution in [0.1, 0.15) is 26.5 Å². The first-order valence-corrected chi connectivity index (χ1v) is 7.28. The van der Waals surface area contributed by atoms with E-state index < -0.39 is 0 Å². The van der Waals surface area contributed by atoms with Crippen LogP contribution in [0.25, 0.3) is 0 Å². The quantitative estimate of drug-likeness (QED) is 0.778. The fourth-order valence-electron chi connectivity index (χ4n) is 1.31. The minimum Gasteiger partial charge on any atom is -0.313 e. The maximum atomic E-state index is 4.46. The summed E-state index contributed by atoms with van der Waals surface area (Å²) in [6.07, 6.45) is 0. The highest BCUT2D eigenvalue weighted by Gasteiger charge is 2.12. The molecule has 0 radical (unpaired) electrons. The second kappa shape index (κ2) is 6.51. The Kier molecular flexibility index (Phi) is 5.64. The molecule has 1 unspecified atom stereocenters. The molecule has 0 aliphatic rings. The van der Waals surface area contributed by atoms with E-state index in [4.69, 9.17) is 0 Å². The fourth-order valence-corrected chi connectivity index (χ4v) is 3.48. The Bertz CT molecular complexity index is 284. The number of thioether (sulfide) groups is 1. The van der Waals surface area contributed by atoms with Gasteiger partial charge in [0.1, 0.15) is 4.34 Å². The van der Waals surface area contributed by atoms with Gasteiger partial charge in [-0.3, -0.25) is 0 Å². The first-order valence-electron chi connectivity index (χ1n) is 5.41. The molecule has 0 bridgehead atoms. The topological polar surface area (TPSA) is 24.9 Å². The van der Waals surface area contributed by atoms with Crippen molar-refractivity contribution in [2.75, 3.05) is 12.3 Å². The summed E-state index contributed by atoms with van der Waals surface area (Å²) >= 11 is 3.61. The zero-order valence-electron chi connectivity index (χ0n) is 9.91. The van der Waals surface area contributed by atoms with E-state index in [1.807, 2.05) is 18.7 Å². The molecule has 15 heavy (non-hydrogen) atoms. The summed E-state index contributed by atoms with van der Waals surface area (Å²) in [7, 11) is 0. The van der Waals surface area contributed by atoms with Crippen molar-refractivity contribution in [1.82, 2.24) is 10.3 Å². The average molecular weight is 244 g/mol. The Labute approximate surface area is 101 Å². The van der Waals surface area contributed by atoms with Gasteiger partial charge in [-0.2, -0.15) is 0 Å². The van der Waals surface area contributed by atoms with Gasteiger partial charge in [0.25, 0.3) is 0 Å². The molecule has 0 aliphatic heterocycles. The summed E-state index contributed by atoms with van der Waals surface area (Å²) in [5.41, 5.74) is 1.13. The van der Waals surface area contributed by atoms with Crippen molar-refractivity contribution in [3.8, 4) is 0 Å². The van der Waals surface area contributed by atoms with Crippen LogP contribution >= 0.6 is 23.1 Å². The van der Waals surface area contributed by atoms with Gasteiger partial charge < -0.3 is 5.32 Å². The largest absolute Gasteiger partial charge is 0.313 e. The molecule has 1 aromatic rings. The minimum atomic E-state index is 0.587. The molecule has 0 aromatic carbocycles. The Morgan fingerprint density at radius 2 is 2.27 bits per heavy atom. The molecule has 2 nitrogen and oxygen atoms in total. The van der Waals surface area contributed by atoms with Gasteiger partial charge in [0.15, 0.2) is 0 Å². The highest BCUT2D eigenvalue weighted by Crippen LogP contribution is 2.24. The third kappa shape index (κ3) is 4.53. The van der Waals surface area contributed by atoms with Gasteiger partial charge in [-0.1, -0.05) is 32.5 Å². The summed E-state index contributed by atoms with van der Waals surface area (Å²) in [5, 5.41) is 5.63. The smallest absolute Gasteiger partial charge is 0.150 e. The van der Waals surface area contributed by atoms with Crippen molar-refractivity contribution in [2.45, 2.75) is 38.1 Å². The summed E-state index contributed by atoms with van der Waals surface area (Å²) in [5.74, 6) is 1.79. The molecule has 1 atom stereocenters. The number of hydrogen-bond acceptors (Lipinski definition) is 4. The van der Waals surface area contributed by atoms with E-state index >= 15 is 0 Å². The van der Waals surface area contributed by atoms with E-state index in [2.05, 4.69) is 36.5 Å². The molecule has 1 heterocycles. The number of thiazole rings is 1. The zero-order valence-corrected chi connectivity index (χ0v) is 11.5. The molecule has 1 N–H and O–H groups in total. The number of rotatable bonds is 6. The Morgan fingerprint density at radius 3 is 2.73 bits per heavy atom. The predicted molar refractivity (Wildman–Crippen MR) is 69.9 cm³/mol. The number of nitrogens with zero attached hydrogens (tertiary/aromatic N) is 1. The lowest BCUT2D eigenvalue weighted by Crippen LogP contribution is -2.35. The van der Waals surface area contributed by atoms with Crippen LogP contribution in [-0.2, 0) is 0 Å². The van der Waals surface area contributed by atoms with Crippen molar-refractivity contribution in [2.24, 2.45) is 5.92 Å². The Hall–Kier alpha value is -0.0600. The van der Waals surface area contributed by atoms with Crippen LogP contribution in [0.2, 0.25) is 0 Å². The van der Waals surface area contributed by atoms with Crippen molar-refractivity contribution < 1.29 is 0 Å². The molecule has 86 valence electrons. The van der Waals surface area contributed by atoms with E-state index in [9.17, 15) is 0 Å². The summed E-state index contributed by atoms with van der Waals surface area (Å²) in [4.78, 5) is 4.46. The molecule has 0 saturated heterocycles. The molecule has 0 aliphatic carbocycles. The van der Waals surface area contributed by atoms with Gasteiger partial charge >= 0.3 is 0 Å². The lowest BCUT2D eigenvalue weighted by Gasteiger charge is -2.20. The molecular formula is C11H20N2S2. The highest BCUT2D eigenvalue weighted by atomic mass is 32.2. The van der Waals surface area contributed by atoms with Gasteiger partial charge in [-0.15, -0.1) is 11.3 Å². The summed E-state index contributed by atoms with van der Waals surface area (Å²) in [6, 6.07) is 0.587. The summed E-state index contributed by atoms with van der Waals surface area (Å²) < 4.78 is 1.19. The second-order valence-electron chi connectivity index (χ2n) is 3.97. The summed E-state index contributed by atoms with van der Waals surface area (Å²) in [6.45, 7) is 9.78. The Morgan fingerprint density at radius 1 is 1.53 bits per heavy atom. The van der Waals surface area contributed by atoms with Crippen LogP contribution < -0.4 is 5.32 Å². The van der Waals surface area contributed by atoms with Gasteiger partial charge in [0, 0.05) is 22.9 Å². The zero-order chi connectivity index (χ0) is 11.3. The normalized spacial score (nSPS) is 13.4. The maximum Gasteiger partial charge on any atom is 0.150 e. The van der Waals surface area contributed by atoms with Crippen LogP contribution in [-0.4, -0.2) is 23.3 Å². The molecule has 4 heteroatoms. The number of hydrogen-bond donors (Lipinski definition) is 1. The lowest BCUT2D eigenvalue weighted by atomic mass is 10.1. The van der Waals surface area contributed by atoms with E-state index in [0.29, 0.717) is 12.0 Å². The first kappa shape index (κ1) is 13.0. The van der Waals surface area contributed by atoms with Gasteiger partial charge in [-0.05, 0) is 19.4 Å². The molecule has 0 spiro atoms. The highest BCUT2D eigenvalue weighted by molar-refractivity contribution is 8.01. The standard InChI is InChI=1S/C11H20N2S2/c1-5-12-10(8(2)3)7-15-11-13-9(4)6-14-11/h6,8,10,12H,5,7H2,1-4H3. The van der Waals surface area contributed by atoms with Gasteiger partial charge in [0.05, 0.1) is 0 Å². The van der Waals surface area contributed by atoms with Crippen LogP contribution in [0.15, 0.2) is 9.72 Å². The van der Waals surface area contributed by atoms with Crippen LogP contribution in [0.4, 0.5) is 0 Å². The van der Waals surface area contributed by atoms with Crippen LogP contribution in [0.5, 0.6) is 0 Å². The minimum absolute atomic E-state index is 0.587. The first-order chi connectivity index (χ1) is 7.13. The lowest BCUT2D eigenvalue weighted by molar-refractivity contribution is 0.443. The van der Waals surface area contributed by atoms with Crippen LogP contribution in [0, 0.1) is 12.8 Å². The molecular weight excluding hydrogens is 224 g/mol. The monoisotopic (exact) mass is 244 g/mol. The van der Waals surface area contributed by atoms with Crippen molar-refractivity contribution in [3.05, 3.63) is 11.1 Å². The third-order valence-electron chi connectivity index (χ3n) is 2.26. The van der Waals surface area contributed by atoms with E-state index in [1.54, 1.807) is 11.3 Å². The SMILES string of the molecule is CCNC(CSc1nc(C)cs1)C(C)C. The number of aryl methyl sites for hydroxylation is 1. The molecule has 0 fully saturated rings. The van der Waals surface area contributed by atoms with Crippen LogP contribution in [0.3, 0.4) is 0 Å². The third-order valence-corrected chi connectivity index (χ3v) is 4.51.